The average Bonchev–Trinajstić information content (AvgIpc) is 2.87. The molecule has 0 aliphatic carbocycles. The first-order chi connectivity index (χ1) is 18.0. The van der Waals surface area contributed by atoms with Crippen LogP contribution in [0.5, 0.6) is 11.5 Å². The Morgan fingerprint density at radius 3 is 1.71 bits per heavy atom. The molecule has 0 spiro atoms. The summed E-state index contributed by atoms with van der Waals surface area (Å²) in [4.78, 5) is 0. The van der Waals surface area contributed by atoms with Crippen LogP contribution in [0.15, 0.2) is 88.1 Å². The fourth-order valence-corrected chi connectivity index (χ4v) is 4.50. The zero-order valence-corrected chi connectivity index (χ0v) is 25.4. The minimum absolute atomic E-state index is 0.137. The predicted octanol–water partition coefficient (Wildman–Crippen LogP) is 10.9. The molecule has 38 heavy (non-hydrogen) atoms. The molecule has 0 aromatic heterocycles. The van der Waals surface area contributed by atoms with Gasteiger partial charge in [-0.2, -0.15) is 0 Å². The molecule has 1 aromatic rings. The Kier molecular flexibility index (Phi) is 12.9. The van der Waals surface area contributed by atoms with Crippen LogP contribution in [0, 0.1) is 0 Å². The van der Waals surface area contributed by atoms with Crippen LogP contribution in [0.3, 0.4) is 0 Å². The van der Waals surface area contributed by atoms with Gasteiger partial charge < -0.3 is 9.84 Å². The van der Waals surface area contributed by atoms with E-state index in [4.69, 9.17) is 4.74 Å². The maximum Gasteiger partial charge on any atom is 0.123 e. The van der Waals surface area contributed by atoms with E-state index in [1.54, 1.807) is 6.07 Å². The fourth-order valence-electron chi connectivity index (χ4n) is 4.50. The van der Waals surface area contributed by atoms with Crippen molar-refractivity contribution in [3.05, 3.63) is 93.7 Å². The van der Waals surface area contributed by atoms with Crippen molar-refractivity contribution in [2.75, 3.05) is 0 Å². The largest absolute Gasteiger partial charge is 0.508 e. The van der Waals surface area contributed by atoms with Crippen molar-refractivity contribution in [3.8, 4) is 11.5 Å². The number of benzene rings is 1. The average molecular weight is 517 g/mol. The van der Waals surface area contributed by atoms with Gasteiger partial charge in [0.2, 0.25) is 0 Å². The van der Waals surface area contributed by atoms with E-state index in [9.17, 15) is 5.11 Å². The molecule has 1 aromatic carbocycles. The molecule has 1 heterocycles. The number of hydrogen-bond acceptors (Lipinski definition) is 2. The topological polar surface area (TPSA) is 29.5 Å². The summed E-state index contributed by atoms with van der Waals surface area (Å²) in [5, 5.41) is 9.70. The van der Waals surface area contributed by atoms with E-state index >= 15 is 0 Å². The molecule has 1 unspecified atom stereocenters. The van der Waals surface area contributed by atoms with Crippen LogP contribution in [0.1, 0.15) is 112 Å². The molecule has 208 valence electrons. The van der Waals surface area contributed by atoms with E-state index in [1.165, 1.54) is 33.4 Å². The molecular weight excluding hydrogens is 464 g/mol. The standard InChI is InChI=1S/C36H52O2/c1-27(2)11-12-29(4)15-16-31(6)19-20-32(7)18-17-30(5)14-13-28(3)10-9-24-36(8)25-23-33-26-34(37)21-22-35(33)38-36/h10-11,14-15,18-19,21-22,26,37H,9,12-13,16-17,20,23-25H2,1-8H3/b28-10+,29-15+,30-14+,31-19+,32-18+. The third-order valence-corrected chi connectivity index (χ3v) is 7.41. The molecule has 0 amide bonds. The lowest BCUT2D eigenvalue weighted by Crippen LogP contribution is -2.36. The molecule has 0 saturated heterocycles. The number of allylic oxidation sites excluding steroid dienone is 12. The van der Waals surface area contributed by atoms with Crippen LogP contribution in [-0.4, -0.2) is 10.7 Å². The second-order valence-electron chi connectivity index (χ2n) is 11.9. The van der Waals surface area contributed by atoms with Crippen molar-refractivity contribution >= 4 is 0 Å². The van der Waals surface area contributed by atoms with Gasteiger partial charge in [0.25, 0.3) is 0 Å². The van der Waals surface area contributed by atoms with Crippen molar-refractivity contribution in [1.82, 2.24) is 0 Å². The molecule has 2 heteroatoms. The summed E-state index contributed by atoms with van der Waals surface area (Å²) in [7, 11) is 0. The van der Waals surface area contributed by atoms with E-state index in [1.807, 2.05) is 12.1 Å². The quantitative estimate of drug-likeness (QED) is 0.264. The highest BCUT2D eigenvalue weighted by Crippen LogP contribution is 2.37. The lowest BCUT2D eigenvalue weighted by Gasteiger charge is -2.35. The van der Waals surface area contributed by atoms with Crippen LogP contribution < -0.4 is 4.74 Å². The van der Waals surface area contributed by atoms with Gasteiger partial charge in [-0.05, 0) is 137 Å². The van der Waals surface area contributed by atoms with E-state index in [-0.39, 0.29) is 5.60 Å². The van der Waals surface area contributed by atoms with Gasteiger partial charge in [0, 0.05) is 0 Å². The lowest BCUT2D eigenvalue weighted by atomic mass is 9.88. The first-order valence-electron chi connectivity index (χ1n) is 14.4. The number of rotatable bonds is 13. The summed E-state index contributed by atoms with van der Waals surface area (Å²) in [5.41, 5.74) is 9.53. The Hall–Kier alpha value is -2.74. The fraction of sp³-hybridized carbons (Fsp3) is 0.500. The Morgan fingerprint density at radius 2 is 1.21 bits per heavy atom. The number of ether oxygens (including phenoxy) is 1. The monoisotopic (exact) mass is 516 g/mol. The summed E-state index contributed by atoms with van der Waals surface area (Å²) in [6.45, 7) is 17.7. The lowest BCUT2D eigenvalue weighted by molar-refractivity contribution is 0.0570. The number of aryl methyl sites for hydroxylation is 1. The Balaban J connectivity index is 1.74. The minimum Gasteiger partial charge on any atom is -0.508 e. The van der Waals surface area contributed by atoms with Gasteiger partial charge in [-0.25, -0.2) is 0 Å². The Labute approximate surface area is 233 Å². The summed E-state index contributed by atoms with van der Waals surface area (Å²) in [5.74, 6) is 1.24. The maximum absolute atomic E-state index is 9.70. The minimum atomic E-state index is -0.137. The van der Waals surface area contributed by atoms with Crippen LogP contribution in [0.2, 0.25) is 0 Å². The van der Waals surface area contributed by atoms with Crippen molar-refractivity contribution < 1.29 is 9.84 Å². The third-order valence-electron chi connectivity index (χ3n) is 7.41. The molecule has 0 bridgehead atoms. The van der Waals surface area contributed by atoms with Crippen LogP contribution in [0.4, 0.5) is 0 Å². The van der Waals surface area contributed by atoms with E-state index < -0.39 is 0 Å². The van der Waals surface area contributed by atoms with E-state index in [2.05, 4.69) is 91.8 Å². The predicted molar refractivity (Wildman–Crippen MR) is 166 cm³/mol. The molecule has 0 saturated carbocycles. The number of fused-ring (bicyclic) bond motifs is 1. The van der Waals surface area contributed by atoms with Crippen molar-refractivity contribution in [1.29, 1.82) is 0 Å². The molecule has 2 rings (SSSR count). The number of hydrogen-bond donors (Lipinski definition) is 1. The SMILES string of the molecule is CC(C)=CC/C(C)=C/C/C(C)=C/C/C(C)=C/C/C(C)=C/C/C(C)=C/CCC1(C)CCc2cc(O)ccc2O1. The van der Waals surface area contributed by atoms with Gasteiger partial charge in [-0.1, -0.05) is 69.9 Å². The zero-order valence-electron chi connectivity index (χ0n) is 25.4. The van der Waals surface area contributed by atoms with Gasteiger partial charge in [0.15, 0.2) is 0 Å². The molecule has 0 radical (unpaired) electrons. The van der Waals surface area contributed by atoms with Crippen LogP contribution in [0.25, 0.3) is 0 Å². The molecule has 1 aliphatic rings. The summed E-state index contributed by atoms with van der Waals surface area (Å²) in [6, 6.07) is 5.44. The van der Waals surface area contributed by atoms with E-state index in [0.29, 0.717) is 5.75 Å². The van der Waals surface area contributed by atoms with Crippen molar-refractivity contribution in [2.45, 2.75) is 119 Å². The first-order valence-corrected chi connectivity index (χ1v) is 14.4. The summed E-state index contributed by atoms with van der Waals surface area (Å²) in [6.07, 6.45) is 23.3. The van der Waals surface area contributed by atoms with Crippen molar-refractivity contribution in [2.24, 2.45) is 0 Å². The van der Waals surface area contributed by atoms with Crippen LogP contribution in [-0.2, 0) is 6.42 Å². The number of phenolic OH excluding ortho intramolecular Hbond substituents is 1. The number of aromatic hydroxyl groups is 1. The first kappa shape index (κ1) is 31.5. The second-order valence-corrected chi connectivity index (χ2v) is 11.9. The highest BCUT2D eigenvalue weighted by atomic mass is 16.5. The number of phenols is 1. The smallest absolute Gasteiger partial charge is 0.123 e. The molecule has 1 aliphatic heterocycles. The van der Waals surface area contributed by atoms with Gasteiger partial charge >= 0.3 is 0 Å². The van der Waals surface area contributed by atoms with Gasteiger partial charge in [0.05, 0.1) is 0 Å². The molecular formula is C36H52O2. The van der Waals surface area contributed by atoms with Gasteiger partial charge in [0.1, 0.15) is 17.1 Å². The van der Waals surface area contributed by atoms with Crippen LogP contribution >= 0.6 is 0 Å². The highest BCUT2D eigenvalue weighted by molar-refractivity contribution is 5.41. The van der Waals surface area contributed by atoms with Gasteiger partial charge in [-0.15, -0.1) is 0 Å². The highest BCUT2D eigenvalue weighted by Gasteiger charge is 2.30. The second kappa shape index (κ2) is 15.6. The Bertz CT molecular complexity index is 1100. The van der Waals surface area contributed by atoms with Gasteiger partial charge in [-0.3, -0.25) is 0 Å². The Morgan fingerprint density at radius 1 is 0.737 bits per heavy atom. The molecule has 2 nitrogen and oxygen atoms in total. The summed E-state index contributed by atoms with van der Waals surface area (Å²) >= 11 is 0. The zero-order chi connectivity index (χ0) is 28.1. The van der Waals surface area contributed by atoms with Crippen molar-refractivity contribution in [3.63, 3.8) is 0 Å². The maximum atomic E-state index is 9.70. The molecule has 1 atom stereocenters. The summed E-state index contributed by atoms with van der Waals surface area (Å²) < 4.78 is 6.32. The van der Waals surface area contributed by atoms with E-state index in [0.717, 1.165) is 69.1 Å². The third kappa shape index (κ3) is 12.2. The molecule has 0 fully saturated rings. The normalized spacial score (nSPS) is 19.2. The molecule has 1 N–H and O–H groups in total.